The zero-order chi connectivity index (χ0) is 11.8. The molecule has 1 fully saturated rings. The van der Waals surface area contributed by atoms with E-state index < -0.39 is 0 Å². The van der Waals surface area contributed by atoms with Crippen molar-refractivity contribution < 1.29 is 9.84 Å². The summed E-state index contributed by atoms with van der Waals surface area (Å²) in [5.41, 5.74) is 1.19. The molecule has 0 atom stereocenters. The molecule has 3 nitrogen and oxygen atoms in total. The van der Waals surface area contributed by atoms with Crippen LogP contribution in [0.2, 0.25) is 0 Å². The third-order valence-electron chi connectivity index (χ3n) is 3.00. The number of ether oxygens (including phenoxy) is 1. The number of aliphatic hydroxyl groups excluding tert-OH is 1. The molecule has 1 saturated heterocycles. The Hall–Kier alpha value is -0.450. The van der Waals surface area contributed by atoms with Gasteiger partial charge in [0, 0.05) is 22.6 Å². The summed E-state index contributed by atoms with van der Waals surface area (Å²) >= 11 is 1.69. The second kappa shape index (κ2) is 4.09. The van der Waals surface area contributed by atoms with Crippen molar-refractivity contribution in [1.82, 2.24) is 4.98 Å². The van der Waals surface area contributed by atoms with Crippen molar-refractivity contribution in [2.45, 2.75) is 32.6 Å². The van der Waals surface area contributed by atoms with Gasteiger partial charge in [-0.05, 0) is 0 Å². The summed E-state index contributed by atoms with van der Waals surface area (Å²) in [6.45, 7) is 8.01. The SMILES string of the molecule is CC(C)(C)c1csc(CC2(CO)COC2)n1. The summed E-state index contributed by atoms with van der Waals surface area (Å²) in [5.74, 6) is 0. The van der Waals surface area contributed by atoms with Crippen LogP contribution in [0.3, 0.4) is 0 Å². The first-order chi connectivity index (χ1) is 7.45. The van der Waals surface area contributed by atoms with Gasteiger partial charge in [-0.3, -0.25) is 0 Å². The lowest BCUT2D eigenvalue weighted by Gasteiger charge is -2.39. The lowest BCUT2D eigenvalue weighted by atomic mass is 9.84. The first kappa shape index (κ1) is 12.0. The molecule has 0 aromatic carbocycles. The van der Waals surface area contributed by atoms with E-state index >= 15 is 0 Å². The number of hydrogen-bond donors (Lipinski definition) is 1. The Bertz CT molecular complexity index is 358. The van der Waals surface area contributed by atoms with Gasteiger partial charge >= 0.3 is 0 Å². The highest BCUT2D eigenvalue weighted by molar-refractivity contribution is 7.09. The zero-order valence-corrected chi connectivity index (χ0v) is 10.9. The van der Waals surface area contributed by atoms with E-state index in [0.717, 1.165) is 17.1 Å². The molecule has 16 heavy (non-hydrogen) atoms. The lowest BCUT2D eigenvalue weighted by Crippen LogP contribution is -2.47. The second-order valence-corrected chi connectivity index (χ2v) is 6.65. The molecule has 0 saturated carbocycles. The fourth-order valence-electron chi connectivity index (χ4n) is 1.70. The number of aromatic nitrogens is 1. The van der Waals surface area contributed by atoms with E-state index in [4.69, 9.17) is 4.74 Å². The number of thiazole rings is 1. The Labute approximate surface area is 100 Å². The van der Waals surface area contributed by atoms with Gasteiger partial charge in [0.05, 0.1) is 30.5 Å². The maximum absolute atomic E-state index is 9.36. The van der Waals surface area contributed by atoms with Crippen LogP contribution >= 0.6 is 11.3 Å². The average molecular weight is 241 g/mol. The van der Waals surface area contributed by atoms with E-state index in [0.29, 0.717) is 13.2 Å². The molecule has 2 heterocycles. The Morgan fingerprint density at radius 2 is 2.19 bits per heavy atom. The first-order valence-corrected chi connectivity index (χ1v) is 6.47. The molecular formula is C12H19NO2S. The Morgan fingerprint density at radius 3 is 2.56 bits per heavy atom. The van der Waals surface area contributed by atoms with Gasteiger partial charge in [-0.15, -0.1) is 11.3 Å². The molecule has 90 valence electrons. The normalized spacial score (nSPS) is 19.5. The molecule has 1 aliphatic heterocycles. The summed E-state index contributed by atoms with van der Waals surface area (Å²) in [7, 11) is 0. The minimum Gasteiger partial charge on any atom is -0.396 e. The van der Waals surface area contributed by atoms with E-state index in [-0.39, 0.29) is 17.4 Å². The predicted molar refractivity (Wildman–Crippen MR) is 64.9 cm³/mol. The molecule has 0 spiro atoms. The Kier molecular flexibility index (Phi) is 3.07. The van der Waals surface area contributed by atoms with Crippen LogP contribution in [0, 0.1) is 5.41 Å². The predicted octanol–water partition coefficient (Wildman–Crippen LogP) is 1.99. The number of aliphatic hydroxyl groups is 1. The van der Waals surface area contributed by atoms with Crippen molar-refractivity contribution in [3.8, 4) is 0 Å². The summed E-state index contributed by atoms with van der Waals surface area (Å²) < 4.78 is 5.19. The molecule has 0 aliphatic carbocycles. The third kappa shape index (κ3) is 2.29. The van der Waals surface area contributed by atoms with Gasteiger partial charge in [0.2, 0.25) is 0 Å². The standard InChI is InChI=1S/C12H19NO2S/c1-11(2,3)9-5-16-10(13-9)4-12(6-14)7-15-8-12/h5,14H,4,6-8H2,1-3H3. The lowest BCUT2D eigenvalue weighted by molar-refractivity contribution is -0.136. The van der Waals surface area contributed by atoms with Crippen LogP contribution in [0.25, 0.3) is 0 Å². The number of nitrogens with zero attached hydrogens (tertiary/aromatic N) is 1. The fraction of sp³-hybridized carbons (Fsp3) is 0.750. The average Bonchev–Trinajstić information content (AvgIpc) is 2.58. The van der Waals surface area contributed by atoms with E-state index in [1.165, 1.54) is 0 Å². The monoisotopic (exact) mass is 241 g/mol. The van der Waals surface area contributed by atoms with Crippen molar-refractivity contribution in [1.29, 1.82) is 0 Å². The highest BCUT2D eigenvalue weighted by Gasteiger charge is 2.39. The molecule has 0 amide bonds. The summed E-state index contributed by atoms with van der Waals surface area (Å²) in [6.07, 6.45) is 0.838. The van der Waals surface area contributed by atoms with Gasteiger partial charge in [0.1, 0.15) is 0 Å². The van der Waals surface area contributed by atoms with Crippen LogP contribution in [0.5, 0.6) is 0 Å². The number of hydrogen-bond acceptors (Lipinski definition) is 4. The van der Waals surface area contributed by atoms with Gasteiger partial charge < -0.3 is 9.84 Å². The van der Waals surface area contributed by atoms with Crippen molar-refractivity contribution in [2.75, 3.05) is 19.8 Å². The van der Waals surface area contributed by atoms with Crippen molar-refractivity contribution >= 4 is 11.3 Å². The highest BCUT2D eigenvalue weighted by Crippen LogP contribution is 2.33. The van der Waals surface area contributed by atoms with Crippen molar-refractivity contribution in [2.24, 2.45) is 5.41 Å². The van der Waals surface area contributed by atoms with Gasteiger partial charge in [-0.1, -0.05) is 20.8 Å². The molecule has 0 bridgehead atoms. The van der Waals surface area contributed by atoms with Gasteiger partial charge in [-0.25, -0.2) is 4.98 Å². The molecule has 1 aromatic heterocycles. The van der Waals surface area contributed by atoms with Crippen LogP contribution in [-0.4, -0.2) is 29.9 Å². The molecule has 0 radical (unpaired) electrons. The fourth-order valence-corrected chi connectivity index (χ4v) is 2.89. The first-order valence-electron chi connectivity index (χ1n) is 5.59. The topological polar surface area (TPSA) is 42.4 Å². The Balaban J connectivity index is 2.08. The van der Waals surface area contributed by atoms with Gasteiger partial charge in [0.15, 0.2) is 0 Å². The zero-order valence-electron chi connectivity index (χ0n) is 10.1. The largest absolute Gasteiger partial charge is 0.396 e. The van der Waals surface area contributed by atoms with Crippen LogP contribution in [0.15, 0.2) is 5.38 Å². The van der Waals surface area contributed by atoms with E-state index in [9.17, 15) is 5.11 Å². The van der Waals surface area contributed by atoms with Gasteiger partial charge in [-0.2, -0.15) is 0 Å². The molecule has 4 heteroatoms. The number of rotatable bonds is 3. The minimum atomic E-state index is -0.0625. The molecule has 2 rings (SSSR count). The minimum absolute atomic E-state index is 0.0625. The van der Waals surface area contributed by atoms with Crippen molar-refractivity contribution in [3.05, 3.63) is 16.1 Å². The molecule has 0 unspecified atom stereocenters. The van der Waals surface area contributed by atoms with Crippen LogP contribution in [-0.2, 0) is 16.6 Å². The van der Waals surface area contributed by atoms with E-state index in [2.05, 4.69) is 31.1 Å². The van der Waals surface area contributed by atoms with E-state index in [1.807, 2.05) is 0 Å². The Morgan fingerprint density at radius 1 is 1.50 bits per heavy atom. The summed E-state index contributed by atoms with van der Waals surface area (Å²) in [6, 6.07) is 0. The second-order valence-electron chi connectivity index (χ2n) is 5.70. The highest BCUT2D eigenvalue weighted by atomic mass is 32.1. The summed E-state index contributed by atoms with van der Waals surface area (Å²) in [4.78, 5) is 4.65. The van der Waals surface area contributed by atoms with Crippen LogP contribution in [0.1, 0.15) is 31.5 Å². The van der Waals surface area contributed by atoms with Crippen molar-refractivity contribution in [3.63, 3.8) is 0 Å². The smallest absolute Gasteiger partial charge is 0.0936 e. The molecule has 1 aliphatic rings. The quantitative estimate of drug-likeness (QED) is 0.880. The molecule has 1 aromatic rings. The van der Waals surface area contributed by atoms with E-state index in [1.54, 1.807) is 11.3 Å². The third-order valence-corrected chi connectivity index (χ3v) is 3.85. The summed E-state index contributed by atoms with van der Waals surface area (Å²) in [5, 5.41) is 12.6. The van der Waals surface area contributed by atoms with Crippen LogP contribution in [0.4, 0.5) is 0 Å². The maximum Gasteiger partial charge on any atom is 0.0936 e. The van der Waals surface area contributed by atoms with Crippen LogP contribution < -0.4 is 0 Å². The van der Waals surface area contributed by atoms with Gasteiger partial charge in [0.25, 0.3) is 0 Å². The maximum atomic E-state index is 9.36. The molecule has 1 N–H and O–H groups in total. The molecular weight excluding hydrogens is 222 g/mol.